The molecule has 5 heteroatoms. The fraction of sp³-hybridized carbons (Fsp3) is 0.214. The molecular formula is C28H24F2N2O. The summed E-state index contributed by atoms with van der Waals surface area (Å²) in [5.74, 6) is -0.602. The molecule has 5 rings (SSSR count). The molecule has 0 radical (unpaired) electrons. The number of amides is 1. The third-order valence-corrected chi connectivity index (χ3v) is 6.69. The largest absolute Gasteiger partial charge is 0.342 e. The lowest BCUT2D eigenvalue weighted by atomic mass is 9.77. The summed E-state index contributed by atoms with van der Waals surface area (Å²) in [6, 6.07) is 16.3. The van der Waals surface area contributed by atoms with Gasteiger partial charge in [-0.25, -0.2) is 8.78 Å². The monoisotopic (exact) mass is 442 g/mol. The Morgan fingerprint density at radius 1 is 0.939 bits per heavy atom. The number of halogens is 2. The molecule has 1 fully saturated rings. The highest BCUT2D eigenvalue weighted by atomic mass is 19.1. The highest BCUT2D eigenvalue weighted by Crippen LogP contribution is 2.42. The van der Waals surface area contributed by atoms with E-state index < -0.39 is 0 Å². The molecule has 33 heavy (non-hydrogen) atoms. The Morgan fingerprint density at radius 2 is 1.55 bits per heavy atom. The number of nitrogens with zero attached hydrogens (tertiary/aromatic N) is 2. The van der Waals surface area contributed by atoms with Gasteiger partial charge in [0.25, 0.3) is 0 Å². The van der Waals surface area contributed by atoms with Crippen LogP contribution in [0.3, 0.4) is 0 Å². The number of piperidine rings is 1. The van der Waals surface area contributed by atoms with Crippen LogP contribution in [0.25, 0.3) is 11.6 Å². The molecule has 2 aliphatic rings. The van der Waals surface area contributed by atoms with Crippen LogP contribution in [0.4, 0.5) is 8.78 Å². The number of carbonyl (C=O) groups is 1. The highest BCUT2D eigenvalue weighted by Gasteiger charge is 2.39. The van der Waals surface area contributed by atoms with Crippen molar-refractivity contribution in [3.8, 4) is 0 Å². The van der Waals surface area contributed by atoms with E-state index in [1.165, 1.54) is 29.8 Å². The minimum atomic E-state index is -0.326. The van der Waals surface area contributed by atoms with Crippen LogP contribution in [-0.2, 0) is 10.2 Å². The van der Waals surface area contributed by atoms with Crippen LogP contribution in [0.2, 0.25) is 0 Å². The first-order chi connectivity index (χ1) is 16.0. The van der Waals surface area contributed by atoms with Gasteiger partial charge >= 0.3 is 0 Å². The van der Waals surface area contributed by atoms with Crippen LogP contribution < -0.4 is 0 Å². The molecule has 1 aliphatic carbocycles. The van der Waals surface area contributed by atoms with Gasteiger partial charge in [-0.3, -0.25) is 9.78 Å². The minimum absolute atomic E-state index is 0.0507. The topological polar surface area (TPSA) is 33.2 Å². The molecule has 0 N–H and O–H groups in total. The summed E-state index contributed by atoms with van der Waals surface area (Å²) in [5.41, 5.74) is 4.57. The molecule has 2 aromatic carbocycles. The zero-order valence-electron chi connectivity index (χ0n) is 18.2. The molecule has 0 bridgehead atoms. The lowest BCUT2D eigenvalue weighted by Crippen LogP contribution is -2.44. The van der Waals surface area contributed by atoms with E-state index >= 15 is 0 Å². The van der Waals surface area contributed by atoms with Crippen molar-refractivity contribution in [2.75, 3.05) is 13.1 Å². The van der Waals surface area contributed by atoms with E-state index in [1.54, 1.807) is 24.3 Å². The number of allylic oxidation sites excluding steroid dienone is 1. The van der Waals surface area contributed by atoms with Crippen LogP contribution in [-0.4, -0.2) is 28.9 Å². The minimum Gasteiger partial charge on any atom is -0.342 e. The van der Waals surface area contributed by atoms with E-state index in [9.17, 15) is 13.6 Å². The number of hydrogen-bond acceptors (Lipinski definition) is 2. The van der Waals surface area contributed by atoms with Crippen LogP contribution in [0.15, 0.2) is 79.0 Å². The Bertz CT molecular complexity index is 1170. The maximum Gasteiger partial charge on any atom is 0.226 e. The number of carbonyl (C=O) groups excluding carboxylic acids is 1. The molecule has 1 saturated heterocycles. The van der Waals surface area contributed by atoms with E-state index in [1.807, 2.05) is 23.2 Å². The summed E-state index contributed by atoms with van der Waals surface area (Å²) in [6.07, 6.45) is 10.0. The predicted octanol–water partition coefficient (Wildman–Crippen LogP) is 5.77. The maximum atomic E-state index is 13.4. The summed E-state index contributed by atoms with van der Waals surface area (Å²) in [4.78, 5) is 19.6. The average molecular weight is 443 g/mol. The maximum absolute atomic E-state index is 13.4. The first kappa shape index (κ1) is 21.3. The van der Waals surface area contributed by atoms with Gasteiger partial charge < -0.3 is 4.90 Å². The van der Waals surface area contributed by atoms with Crippen LogP contribution >= 0.6 is 0 Å². The van der Waals surface area contributed by atoms with Crippen molar-refractivity contribution in [1.29, 1.82) is 0 Å². The van der Waals surface area contributed by atoms with E-state index in [4.69, 9.17) is 0 Å². The van der Waals surface area contributed by atoms with Crippen LogP contribution in [0.1, 0.15) is 41.6 Å². The molecule has 3 nitrogen and oxygen atoms in total. The molecule has 3 aromatic rings. The summed E-state index contributed by atoms with van der Waals surface area (Å²) in [5, 5.41) is 0. The standard InChI is InChI=1S/C28H24F2N2O/c29-23-7-3-20(4-8-23)25(21-5-9-24(30)10-6-21)11-12-26(33)32-18-15-28(16-19-32)14-13-22-2-1-17-31-27(22)28/h1-11,13-14,17H,12,15-16,18-19H2. The number of pyridine rings is 1. The second-order valence-corrected chi connectivity index (χ2v) is 8.65. The van der Waals surface area contributed by atoms with E-state index in [0.717, 1.165) is 35.2 Å². The summed E-state index contributed by atoms with van der Waals surface area (Å²) < 4.78 is 26.9. The highest BCUT2D eigenvalue weighted by molar-refractivity contribution is 5.85. The van der Waals surface area contributed by atoms with E-state index in [0.29, 0.717) is 13.1 Å². The number of rotatable bonds is 4. The second kappa shape index (κ2) is 8.74. The third kappa shape index (κ3) is 4.23. The molecule has 1 aromatic heterocycles. The molecule has 1 aliphatic heterocycles. The first-order valence-electron chi connectivity index (χ1n) is 11.2. The molecule has 1 amide bonds. The molecule has 166 valence electrons. The summed E-state index contributed by atoms with van der Waals surface area (Å²) in [7, 11) is 0. The Hall–Kier alpha value is -3.60. The fourth-order valence-corrected chi connectivity index (χ4v) is 4.83. The lowest BCUT2D eigenvalue weighted by Gasteiger charge is -2.38. The Kier molecular flexibility index (Phi) is 5.63. The zero-order chi connectivity index (χ0) is 22.8. The van der Waals surface area contributed by atoms with Gasteiger partial charge in [-0.1, -0.05) is 48.6 Å². The van der Waals surface area contributed by atoms with Crippen molar-refractivity contribution >= 4 is 17.6 Å². The zero-order valence-corrected chi connectivity index (χ0v) is 18.2. The Morgan fingerprint density at radius 3 is 2.15 bits per heavy atom. The number of hydrogen-bond donors (Lipinski definition) is 0. The summed E-state index contributed by atoms with van der Waals surface area (Å²) in [6.45, 7) is 1.35. The summed E-state index contributed by atoms with van der Waals surface area (Å²) >= 11 is 0. The number of aromatic nitrogens is 1. The third-order valence-electron chi connectivity index (χ3n) is 6.69. The second-order valence-electron chi connectivity index (χ2n) is 8.65. The van der Waals surface area contributed by atoms with Crippen molar-refractivity contribution < 1.29 is 13.6 Å². The average Bonchev–Trinajstić information content (AvgIpc) is 3.20. The van der Waals surface area contributed by atoms with Gasteiger partial charge in [0.2, 0.25) is 5.91 Å². The van der Waals surface area contributed by atoms with Crippen molar-refractivity contribution in [1.82, 2.24) is 9.88 Å². The van der Waals surface area contributed by atoms with E-state index in [-0.39, 0.29) is 29.4 Å². The fourth-order valence-electron chi connectivity index (χ4n) is 4.83. The van der Waals surface area contributed by atoms with Crippen molar-refractivity contribution in [3.05, 3.63) is 113 Å². The Balaban J connectivity index is 1.32. The molecular weight excluding hydrogens is 418 g/mol. The lowest BCUT2D eigenvalue weighted by molar-refractivity contribution is -0.131. The van der Waals surface area contributed by atoms with E-state index in [2.05, 4.69) is 23.2 Å². The van der Waals surface area contributed by atoms with Gasteiger partial charge in [-0.05, 0) is 65.4 Å². The smallest absolute Gasteiger partial charge is 0.226 e. The number of fused-ring (bicyclic) bond motifs is 2. The normalized spacial score (nSPS) is 16.0. The van der Waals surface area contributed by atoms with Gasteiger partial charge in [0.15, 0.2) is 0 Å². The Labute approximate surface area is 192 Å². The van der Waals surface area contributed by atoms with Crippen molar-refractivity contribution in [2.24, 2.45) is 0 Å². The predicted molar refractivity (Wildman–Crippen MR) is 125 cm³/mol. The quantitative estimate of drug-likeness (QED) is 0.514. The molecule has 2 heterocycles. The number of benzene rings is 2. The van der Waals surface area contributed by atoms with Crippen LogP contribution in [0.5, 0.6) is 0 Å². The molecule has 0 unspecified atom stereocenters. The van der Waals surface area contributed by atoms with Crippen LogP contribution in [0, 0.1) is 11.6 Å². The van der Waals surface area contributed by atoms with Gasteiger partial charge in [0, 0.05) is 31.1 Å². The van der Waals surface area contributed by atoms with Gasteiger partial charge in [0.1, 0.15) is 11.6 Å². The van der Waals surface area contributed by atoms with Crippen molar-refractivity contribution in [2.45, 2.75) is 24.7 Å². The number of likely N-dealkylation sites (tertiary alicyclic amines) is 1. The molecule has 0 atom stereocenters. The molecule has 1 spiro atoms. The SMILES string of the molecule is O=C(CC=C(c1ccc(F)cc1)c1ccc(F)cc1)N1CCC2(C=Cc3cccnc32)CC1. The first-order valence-corrected chi connectivity index (χ1v) is 11.2. The van der Waals surface area contributed by atoms with Crippen molar-refractivity contribution in [3.63, 3.8) is 0 Å². The van der Waals surface area contributed by atoms with Gasteiger partial charge in [-0.2, -0.15) is 0 Å². The van der Waals surface area contributed by atoms with Gasteiger partial charge in [-0.15, -0.1) is 0 Å². The molecule has 0 saturated carbocycles. The van der Waals surface area contributed by atoms with Gasteiger partial charge in [0.05, 0.1) is 5.69 Å².